The van der Waals surface area contributed by atoms with E-state index in [0.717, 1.165) is 15.7 Å². The van der Waals surface area contributed by atoms with Gasteiger partial charge in [0.05, 0.1) is 12.1 Å². The van der Waals surface area contributed by atoms with Crippen LogP contribution < -0.4 is 14.8 Å². The minimum absolute atomic E-state index is 0.0261. The lowest BCUT2D eigenvalue weighted by Gasteiger charge is -2.14. The van der Waals surface area contributed by atoms with Crippen LogP contribution in [0.1, 0.15) is 11.1 Å². The molecule has 0 unspecified atom stereocenters. The van der Waals surface area contributed by atoms with Gasteiger partial charge in [-0.25, -0.2) is 4.39 Å². The third-order valence-electron chi connectivity index (χ3n) is 4.00. The molecule has 27 heavy (non-hydrogen) atoms. The lowest BCUT2D eigenvalue weighted by atomic mass is 10.2. The van der Waals surface area contributed by atoms with Crippen molar-refractivity contribution in [2.24, 2.45) is 0 Å². The molecule has 0 aliphatic rings. The number of nitrogens with one attached hydrogen (secondary N) is 1. The van der Waals surface area contributed by atoms with Crippen LogP contribution in [0, 0.1) is 5.82 Å². The van der Waals surface area contributed by atoms with Gasteiger partial charge >= 0.3 is 0 Å². The van der Waals surface area contributed by atoms with Crippen molar-refractivity contribution in [2.45, 2.75) is 13.2 Å². The Labute approximate surface area is 171 Å². The Bertz CT molecular complexity index is 898. The normalized spacial score (nSPS) is 10.5. The predicted molar refractivity (Wildman–Crippen MR) is 110 cm³/mol. The number of anilines is 1. The van der Waals surface area contributed by atoms with Crippen LogP contribution in [0.15, 0.2) is 65.1 Å². The second kappa shape index (κ2) is 9.11. The molecular weight excluding hydrogens is 433 g/mol. The summed E-state index contributed by atoms with van der Waals surface area (Å²) in [5.74, 6) is 0.721. The molecule has 0 spiro atoms. The minimum atomic E-state index is -0.392. The topological polar surface area (TPSA) is 30.5 Å². The zero-order valence-electron chi connectivity index (χ0n) is 14.6. The number of halogens is 3. The van der Waals surface area contributed by atoms with Gasteiger partial charge in [0.25, 0.3) is 0 Å². The molecule has 3 nitrogen and oxygen atoms in total. The van der Waals surface area contributed by atoms with E-state index in [9.17, 15) is 4.39 Å². The first-order chi connectivity index (χ1) is 13.1. The molecule has 3 aromatic rings. The standard InChI is InChI=1S/C21H18BrClFNO2/c1-26-21-11-14(12-25-16-8-6-15(22)7-9-16)5-10-20(21)27-13-17-18(23)3-2-4-19(17)24/h2-11,25H,12-13H2,1H3. The Morgan fingerprint density at radius 2 is 1.81 bits per heavy atom. The lowest BCUT2D eigenvalue weighted by Crippen LogP contribution is -2.03. The molecule has 0 aliphatic carbocycles. The van der Waals surface area contributed by atoms with Gasteiger partial charge in [0.2, 0.25) is 0 Å². The predicted octanol–water partition coefficient (Wildman–Crippen LogP) is 6.44. The summed E-state index contributed by atoms with van der Waals surface area (Å²) < 4.78 is 26.1. The van der Waals surface area contributed by atoms with Crippen molar-refractivity contribution in [3.05, 3.63) is 87.1 Å². The average molecular weight is 451 g/mol. The molecule has 0 radical (unpaired) electrons. The molecule has 3 aromatic carbocycles. The van der Waals surface area contributed by atoms with E-state index in [4.69, 9.17) is 21.1 Å². The molecule has 0 saturated heterocycles. The van der Waals surface area contributed by atoms with Gasteiger partial charge in [-0.1, -0.05) is 39.7 Å². The molecule has 6 heteroatoms. The maximum Gasteiger partial charge on any atom is 0.161 e. The maximum atomic E-state index is 13.9. The minimum Gasteiger partial charge on any atom is -0.493 e. The summed E-state index contributed by atoms with van der Waals surface area (Å²) in [6.07, 6.45) is 0. The molecule has 140 valence electrons. The second-order valence-corrected chi connectivity index (χ2v) is 7.16. The van der Waals surface area contributed by atoms with E-state index in [0.29, 0.717) is 28.6 Å². The molecule has 1 N–H and O–H groups in total. The molecule has 3 rings (SSSR count). The smallest absolute Gasteiger partial charge is 0.161 e. The second-order valence-electron chi connectivity index (χ2n) is 5.83. The number of hydrogen-bond donors (Lipinski definition) is 1. The van der Waals surface area contributed by atoms with Crippen LogP contribution in [0.2, 0.25) is 5.02 Å². The van der Waals surface area contributed by atoms with Crippen molar-refractivity contribution in [1.29, 1.82) is 0 Å². The monoisotopic (exact) mass is 449 g/mol. The van der Waals surface area contributed by atoms with Gasteiger partial charge in [-0.3, -0.25) is 0 Å². The molecule has 0 fully saturated rings. The summed E-state index contributed by atoms with van der Waals surface area (Å²) >= 11 is 9.46. The largest absolute Gasteiger partial charge is 0.493 e. The summed E-state index contributed by atoms with van der Waals surface area (Å²) in [5, 5.41) is 3.68. The summed E-state index contributed by atoms with van der Waals surface area (Å²) in [6.45, 7) is 0.662. The van der Waals surface area contributed by atoms with Gasteiger partial charge in [-0.05, 0) is 54.1 Å². The molecule has 0 atom stereocenters. The highest BCUT2D eigenvalue weighted by molar-refractivity contribution is 9.10. The first-order valence-electron chi connectivity index (χ1n) is 8.29. The third-order valence-corrected chi connectivity index (χ3v) is 4.89. The Balaban J connectivity index is 1.67. The van der Waals surface area contributed by atoms with E-state index in [1.165, 1.54) is 6.07 Å². The van der Waals surface area contributed by atoms with Crippen molar-refractivity contribution in [3.8, 4) is 11.5 Å². The highest BCUT2D eigenvalue weighted by Gasteiger charge is 2.11. The van der Waals surface area contributed by atoms with E-state index >= 15 is 0 Å². The van der Waals surface area contributed by atoms with Crippen molar-refractivity contribution in [2.75, 3.05) is 12.4 Å². The maximum absolute atomic E-state index is 13.9. The van der Waals surface area contributed by atoms with E-state index in [1.54, 1.807) is 19.2 Å². The zero-order chi connectivity index (χ0) is 19.2. The van der Waals surface area contributed by atoms with Crippen molar-refractivity contribution < 1.29 is 13.9 Å². The molecule has 0 aromatic heterocycles. The lowest BCUT2D eigenvalue weighted by molar-refractivity contribution is 0.279. The zero-order valence-corrected chi connectivity index (χ0v) is 17.0. The first-order valence-corrected chi connectivity index (χ1v) is 9.46. The molecule has 0 heterocycles. The Hall–Kier alpha value is -2.24. The third kappa shape index (κ3) is 5.15. The van der Waals surface area contributed by atoms with Crippen molar-refractivity contribution in [3.63, 3.8) is 0 Å². The molecule has 0 saturated carbocycles. The van der Waals surface area contributed by atoms with E-state index in [1.807, 2.05) is 42.5 Å². The van der Waals surface area contributed by atoms with Crippen LogP contribution >= 0.6 is 27.5 Å². The van der Waals surface area contributed by atoms with Crippen LogP contribution in [0.5, 0.6) is 11.5 Å². The van der Waals surface area contributed by atoms with Gasteiger partial charge in [0.15, 0.2) is 11.5 Å². The summed E-state index contributed by atoms with van der Waals surface area (Å²) in [4.78, 5) is 0. The quantitative estimate of drug-likeness (QED) is 0.449. The molecular formula is C21H18BrClFNO2. The highest BCUT2D eigenvalue weighted by Crippen LogP contribution is 2.30. The van der Waals surface area contributed by atoms with Crippen LogP contribution in [0.25, 0.3) is 0 Å². The Morgan fingerprint density at radius 1 is 1.04 bits per heavy atom. The van der Waals surface area contributed by atoms with Gasteiger partial charge in [0, 0.05) is 22.3 Å². The van der Waals surface area contributed by atoms with Crippen LogP contribution in [0.4, 0.5) is 10.1 Å². The first kappa shape index (κ1) is 19.5. The van der Waals surface area contributed by atoms with Crippen LogP contribution in [-0.4, -0.2) is 7.11 Å². The summed E-state index contributed by atoms with van der Waals surface area (Å²) in [5.41, 5.74) is 2.37. The van der Waals surface area contributed by atoms with E-state index in [-0.39, 0.29) is 6.61 Å². The molecule has 0 bridgehead atoms. The van der Waals surface area contributed by atoms with Gasteiger partial charge in [-0.15, -0.1) is 0 Å². The Kier molecular flexibility index (Phi) is 6.58. The van der Waals surface area contributed by atoms with E-state index < -0.39 is 5.82 Å². The van der Waals surface area contributed by atoms with Gasteiger partial charge in [0.1, 0.15) is 12.4 Å². The number of ether oxygens (including phenoxy) is 2. The van der Waals surface area contributed by atoms with Crippen molar-refractivity contribution >= 4 is 33.2 Å². The summed E-state index contributed by atoms with van der Waals surface area (Å²) in [7, 11) is 1.57. The number of rotatable bonds is 7. The van der Waals surface area contributed by atoms with Gasteiger partial charge < -0.3 is 14.8 Å². The van der Waals surface area contributed by atoms with Crippen LogP contribution in [-0.2, 0) is 13.2 Å². The van der Waals surface area contributed by atoms with Gasteiger partial charge in [-0.2, -0.15) is 0 Å². The highest BCUT2D eigenvalue weighted by atomic mass is 79.9. The molecule has 0 amide bonds. The average Bonchev–Trinajstić information content (AvgIpc) is 2.67. The van der Waals surface area contributed by atoms with E-state index in [2.05, 4.69) is 21.2 Å². The molecule has 0 aliphatic heterocycles. The number of methoxy groups -OCH3 is 1. The summed E-state index contributed by atoms with van der Waals surface area (Å²) in [6, 6.07) is 18.2. The fourth-order valence-corrected chi connectivity index (χ4v) is 3.02. The Morgan fingerprint density at radius 3 is 2.52 bits per heavy atom. The number of benzene rings is 3. The van der Waals surface area contributed by atoms with Crippen molar-refractivity contribution in [1.82, 2.24) is 0 Å². The number of hydrogen-bond acceptors (Lipinski definition) is 3. The fraction of sp³-hybridized carbons (Fsp3) is 0.143. The fourth-order valence-electron chi connectivity index (χ4n) is 2.53. The SMILES string of the molecule is COc1cc(CNc2ccc(Br)cc2)ccc1OCc1c(F)cccc1Cl. The van der Waals surface area contributed by atoms with Crippen LogP contribution in [0.3, 0.4) is 0 Å².